The van der Waals surface area contributed by atoms with Crippen molar-refractivity contribution in [2.45, 2.75) is 122 Å². The zero-order valence-corrected chi connectivity index (χ0v) is 20.1. The molecule has 0 aromatic heterocycles. The molecule has 4 nitrogen and oxygen atoms in total. The molecule has 27 heavy (non-hydrogen) atoms. The van der Waals surface area contributed by atoms with Gasteiger partial charge in [0.1, 0.15) is 12.9 Å². The first-order chi connectivity index (χ1) is 12.7. The molecule has 1 aliphatic heterocycles. The van der Waals surface area contributed by atoms with Crippen molar-refractivity contribution in [2.24, 2.45) is 0 Å². The second kappa shape index (κ2) is 12.6. The van der Waals surface area contributed by atoms with E-state index in [0.29, 0.717) is 6.79 Å². The Bertz CT molecular complexity index is 377. The van der Waals surface area contributed by atoms with E-state index in [4.69, 9.17) is 18.6 Å². The summed E-state index contributed by atoms with van der Waals surface area (Å²) >= 11 is 0. The molecule has 0 aromatic carbocycles. The maximum Gasteiger partial charge on any atom is 0.192 e. The van der Waals surface area contributed by atoms with Crippen LogP contribution in [-0.2, 0) is 18.6 Å². The Kier molecular flexibility index (Phi) is 11.7. The van der Waals surface area contributed by atoms with Crippen molar-refractivity contribution in [1.29, 1.82) is 0 Å². The molecule has 1 saturated heterocycles. The number of hydrogen-bond donors (Lipinski definition) is 0. The van der Waals surface area contributed by atoms with Crippen LogP contribution in [-0.4, -0.2) is 47.1 Å². The van der Waals surface area contributed by atoms with Crippen LogP contribution in [0.1, 0.15) is 85.5 Å². The fraction of sp³-hybridized carbons (Fsp3) is 1.00. The van der Waals surface area contributed by atoms with Gasteiger partial charge in [0.25, 0.3) is 0 Å². The number of ether oxygens (including phenoxy) is 3. The van der Waals surface area contributed by atoms with E-state index < -0.39 is 8.32 Å². The Morgan fingerprint density at radius 1 is 1.04 bits per heavy atom. The van der Waals surface area contributed by atoms with Crippen LogP contribution >= 0.6 is 0 Å². The molecule has 1 rings (SSSR count). The number of epoxide rings is 1. The minimum atomic E-state index is -1.79. The molecule has 5 heteroatoms. The van der Waals surface area contributed by atoms with Gasteiger partial charge >= 0.3 is 0 Å². The molecule has 1 heterocycles. The van der Waals surface area contributed by atoms with Crippen molar-refractivity contribution < 1.29 is 18.6 Å². The predicted molar refractivity (Wildman–Crippen MR) is 116 cm³/mol. The van der Waals surface area contributed by atoms with Crippen molar-refractivity contribution in [3.05, 3.63) is 0 Å². The van der Waals surface area contributed by atoms with Gasteiger partial charge in [-0.3, -0.25) is 0 Å². The molecule has 162 valence electrons. The molecule has 1 aliphatic rings. The molecule has 0 amide bonds. The van der Waals surface area contributed by atoms with Crippen molar-refractivity contribution in [2.75, 3.05) is 20.5 Å². The molecule has 0 spiro atoms. The summed E-state index contributed by atoms with van der Waals surface area (Å²) in [5.74, 6) is 0. The first-order valence-electron chi connectivity index (χ1n) is 11.1. The van der Waals surface area contributed by atoms with Crippen molar-refractivity contribution in [3.63, 3.8) is 0 Å². The van der Waals surface area contributed by atoms with Crippen LogP contribution in [0.15, 0.2) is 0 Å². The van der Waals surface area contributed by atoms with E-state index in [9.17, 15) is 0 Å². The van der Waals surface area contributed by atoms with E-state index in [1.165, 1.54) is 44.9 Å². The monoisotopic (exact) mass is 402 g/mol. The fourth-order valence-electron chi connectivity index (χ4n) is 3.16. The Morgan fingerprint density at radius 3 is 2.15 bits per heavy atom. The van der Waals surface area contributed by atoms with Gasteiger partial charge in [0.15, 0.2) is 8.32 Å². The van der Waals surface area contributed by atoms with Crippen LogP contribution in [0, 0.1) is 0 Å². The third-order valence-electron chi connectivity index (χ3n) is 6.07. The zero-order chi connectivity index (χ0) is 20.3. The molecular weight excluding hydrogens is 356 g/mol. The first kappa shape index (κ1) is 25.1. The lowest BCUT2D eigenvalue weighted by molar-refractivity contribution is -0.0915. The SMILES string of the molecule is CCCCCCCCC[C@@H](C[C@@H](OCOC)[C@H]1CO1)O[Si](C)(C)C(C)(C)C. The van der Waals surface area contributed by atoms with E-state index in [2.05, 4.69) is 40.8 Å². The summed E-state index contributed by atoms with van der Waals surface area (Å²) in [5.41, 5.74) is 0. The molecule has 3 atom stereocenters. The van der Waals surface area contributed by atoms with Crippen molar-refractivity contribution >= 4 is 8.32 Å². The van der Waals surface area contributed by atoms with Gasteiger partial charge in [-0.25, -0.2) is 0 Å². The van der Waals surface area contributed by atoms with Crippen LogP contribution in [0.25, 0.3) is 0 Å². The number of rotatable bonds is 16. The van der Waals surface area contributed by atoms with E-state index in [-0.39, 0.29) is 23.4 Å². The second-order valence-corrected chi connectivity index (χ2v) is 14.4. The van der Waals surface area contributed by atoms with Gasteiger partial charge in [0.2, 0.25) is 0 Å². The lowest BCUT2D eigenvalue weighted by Crippen LogP contribution is -2.45. The third kappa shape index (κ3) is 10.4. The highest BCUT2D eigenvalue weighted by molar-refractivity contribution is 6.74. The Morgan fingerprint density at radius 2 is 1.63 bits per heavy atom. The molecule has 0 saturated carbocycles. The summed E-state index contributed by atoms with van der Waals surface area (Å²) in [6, 6.07) is 0. The smallest absolute Gasteiger partial charge is 0.192 e. The van der Waals surface area contributed by atoms with Crippen LogP contribution in [0.4, 0.5) is 0 Å². The van der Waals surface area contributed by atoms with Gasteiger partial charge in [-0.2, -0.15) is 0 Å². The predicted octanol–water partition coefficient (Wildman–Crippen LogP) is 6.30. The maximum atomic E-state index is 6.80. The molecule has 0 aliphatic carbocycles. The van der Waals surface area contributed by atoms with E-state index in [0.717, 1.165) is 19.4 Å². The normalized spacial score (nSPS) is 19.9. The van der Waals surface area contributed by atoms with Gasteiger partial charge in [0.05, 0.1) is 12.7 Å². The average molecular weight is 403 g/mol. The summed E-state index contributed by atoms with van der Waals surface area (Å²) in [4.78, 5) is 0. The number of methoxy groups -OCH3 is 1. The lowest BCUT2D eigenvalue weighted by Gasteiger charge is -2.40. The highest BCUT2D eigenvalue weighted by atomic mass is 28.4. The first-order valence-corrected chi connectivity index (χ1v) is 14.0. The maximum absolute atomic E-state index is 6.80. The summed E-state index contributed by atoms with van der Waals surface area (Å²) in [6.07, 6.45) is 11.9. The Labute approximate surface area is 169 Å². The summed E-state index contributed by atoms with van der Waals surface area (Å²) < 4.78 is 23.3. The number of unbranched alkanes of at least 4 members (excludes halogenated alkanes) is 6. The Hall–Kier alpha value is 0.0569. The lowest BCUT2D eigenvalue weighted by atomic mass is 10.0. The van der Waals surface area contributed by atoms with Gasteiger partial charge in [-0.05, 0) is 24.6 Å². The minimum absolute atomic E-state index is 0.0873. The summed E-state index contributed by atoms with van der Waals surface area (Å²) in [6.45, 7) is 15.0. The van der Waals surface area contributed by atoms with E-state index >= 15 is 0 Å². The molecule has 0 bridgehead atoms. The van der Waals surface area contributed by atoms with Crippen LogP contribution in [0.5, 0.6) is 0 Å². The molecule has 1 fully saturated rings. The average Bonchev–Trinajstić information content (AvgIpc) is 3.41. The van der Waals surface area contributed by atoms with Crippen LogP contribution < -0.4 is 0 Å². The van der Waals surface area contributed by atoms with Crippen LogP contribution in [0.3, 0.4) is 0 Å². The van der Waals surface area contributed by atoms with Gasteiger partial charge < -0.3 is 18.6 Å². The molecule has 0 unspecified atom stereocenters. The highest BCUT2D eigenvalue weighted by Crippen LogP contribution is 2.39. The quantitative estimate of drug-likeness (QED) is 0.131. The van der Waals surface area contributed by atoms with Crippen molar-refractivity contribution in [3.8, 4) is 0 Å². The minimum Gasteiger partial charge on any atom is -0.414 e. The van der Waals surface area contributed by atoms with E-state index in [1.54, 1.807) is 7.11 Å². The number of hydrogen-bond acceptors (Lipinski definition) is 4. The molecule has 0 N–H and O–H groups in total. The van der Waals surface area contributed by atoms with E-state index in [1.807, 2.05) is 0 Å². The standard InChI is InChI=1S/C22H46O4Si/c1-8-9-10-11-12-13-14-15-19(26-27(6,7)22(2,3)4)16-20(21-17-24-21)25-18-23-5/h19-21H,8-18H2,1-7H3/t19-,20+,21+/m0/s1. The summed E-state index contributed by atoms with van der Waals surface area (Å²) in [7, 11) is -0.121. The van der Waals surface area contributed by atoms with Gasteiger partial charge in [-0.15, -0.1) is 0 Å². The van der Waals surface area contributed by atoms with Crippen molar-refractivity contribution in [1.82, 2.24) is 0 Å². The van der Waals surface area contributed by atoms with Crippen LogP contribution in [0.2, 0.25) is 18.1 Å². The zero-order valence-electron chi connectivity index (χ0n) is 19.1. The van der Waals surface area contributed by atoms with Gasteiger partial charge in [0, 0.05) is 19.6 Å². The molecule has 0 aromatic rings. The third-order valence-corrected chi connectivity index (χ3v) is 10.6. The van der Waals surface area contributed by atoms with Gasteiger partial charge in [-0.1, -0.05) is 72.6 Å². The molecule has 0 radical (unpaired) electrons. The summed E-state index contributed by atoms with van der Waals surface area (Å²) in [5, 5.41) is 0.227. The topological polar surface area (TPSA) is 40.2 Å². The second-order valence-electron chi connectivity index (χ2n) is 9.63. The fourth-order valence-corrected chi connectivity index (χ4v) is 4.56. The molecular formula is C22H46O4Si. The Balaban J connectivity index is 2.54. The largest absolute Gasteiger partial charge is 0.414 e. The highest BCUT2D eigenvalue weighted by Gasteiger charge is 2.41.